The average Bonchev–Trinajstić information content (AvgIpc) is 3.55. The lowest BCUT2D eigenvalue weighted by Gasteiger charge is -2.40. The van der Waals surface area contributed by atoms with Crippen LogP contribution in [-0.2, 0) is 14.3 Å². The number of nitrogens with zero attached hydrogens (tertiary/aromatic N) is 1. The molecule has 2 N–H and O–H groups in total. The molecule has 5 rings (SSSR count). The van der Waals surface area contributed by atoms with Gasteiger partial charge in [-0.1, -0.05) is 48.5 Å². The topological polar surface area (TPSA) is 95.9 Å². The van der Waals surface area contributed by atoms with Crippen molar-refractivity contribution in [1.29, 1.82) is 0 Å². The van der Waals surface area contributed by atoms with Crippen LogP contribution in [0.25, 0.3) is 11.1 Å². The molecule has 3 aliphatic rings. The van der Waals surface area contributed by atoms with E-state index in [0.717, 1.165) is 35.1 Å². The fourth-order valence-electron chi connectivity index (χ4n) is 4.90. The van der Waals surface area contributed by atoms with Crippen molar-refractivity contribution in [3.63, 3.8) is 0 Å². The van der Waals surface area contributed by atoms with Gasteiger partial charge in [-0.25, -0.2) is 4.79 Å². The summed E-state index contributed by atoms with van der Waals surface area (Å²) in [5.41, 5.74) is 4.61. The molecule has 0 aromatic heterocycles. The second kappa shape index (κ2) is 8.30. The number of carboxylic acids is 1. The van der Waals surface area contributed by atoms with Gasteiger partial charge in [0.05, 0.1) is 6.42 Å². The first-order valence-corrected chi connectivity index (χ1v) is 11.1. The van der Waals surface area contributed by atoms with E-state index in [0.29, 0.717) is 13.1 Å². The van der Waals surface area contributed by atoms with Crippen molar-refractivity contribution >= 4 is 18.0 Å². The quantitative estimate of drug-likeness (QED) is 0.698. The number of rotatable bonds is 7. The summed E-state index contributed by atoms with van der Waals surface area (Å²) < 4.78 is 5.60. The molecule has 2 fully saturated rings. The molecule has 2 amide bonds. The van der Waals surface area contributed by atoms with E-state index in [2.05, 4.69) is 29.6 Å². The maximum Gasteiger partial charge on any atom is 0.407 e. The Morgan fingerprint density at radius 1 is 1.00 bits per heavy atom. The van der Waals surface area contributed by atoms with Gasteiger partial charge in [-0.05, 0) is 41.0 Å². The zero-order chi connectivity index (χ0) is 22.2. The number of carbonyl (C=O) groups is 3. The molecule has 2 aromatic rings. The van der Waals surface area contributed by atoms with Crippen LogP contribution in [0.4, 0.5) is 4.79 Å². The fourth-order valence-corrected chi connectivity index (χ4v) is 4.90. The number of hydrogen-bond acceptors (Lipinski definition) is 4. The summed E-state index contributed by atoms with van der Waals surface area (Å²) in [6, 6.07) is 15.7. The van der Waals surface area contributed by atoms with Crippen molar-refractivity contribution in [3.05, 3.63) is 59.7 Å². The lowest BCUT2D eigenvalue weighted by Crippen LogP contribution is -2.58. The van der Waals surface area contributed by atoms with Crippen molar-refractivity contribution in [3.8, 4) is 11.1 Å². The zero-order valence-corrected chi connectivity index (χ0v) is 17.7. The van der Waals surface area contributed by atoms with Crippen LogP contribution in [0.2, 0.25) is 0 Å². The first kappa shape index (κ1) is 20.5. The Labute approximate surface area is 186 Å². The average molecular weight is 434 g/mol. The number of alkyl carbamates (subject to hydrolysis) is 1. The number of aliphatic carboxylic acids is 1. The number of likely N-dealkylation sites (tertiary alicyclic amines) is 1. The predicted molar refractivity (Wildman–Crippen MR) is 117 cm³/mol. The fraction of sp³-hybridized carbons (Fsp3) is 0.400. The molecule has 0 spiro atoms. The van der Waals surface area contributed by atoms with Crippen LogP contribution in [-0.4, -0.2) is 53.7 Å². The van der Waals surface area contributed by atoms with Crippen LogP contribution < -0.4 is 5.32 Å². The standard InChI is InChI=1S/C25H26N2O5/c28-22(29)11-15-12-27(13-15)24(30)23(16-9-10-16)26-25(31)32-14-21-19-7-3-1-5-17(19)18-6-2-4-8-20(18)21/h1-8,15-16,21,23H,9-14H2,(H,26,31)(H,28,29). The van der Waals surface area contributed by atoms with E-state index in [4.69, 9.17) is 9.84 Å². The van der Waals surface area contributed by atoms with Crippen molar-refractivity contribution < 1.29 is 24.2 Å². The van der Waals surface area contributed by atoms with E-state index in [1.807, 2.05) is 24.3 Å². The highest BCUT2D eigenvalue weighted by molar-refractivity contribution is 5.87. The Morgan fingerprint density at radius 3 is 2.16 bits per heavy atom. The van der Waals surface area contributed by atoms with Gasteiger partial charge in [-0.15, -0.1) is 0 Å². The lowest BCUT2D eigenvalue weighted by molar-refractivity contribution is -0.146. The van der Waals surface area contributed by atoms with E-state index in [-0.39, 0.29) is 36.7 Å². The number of fused-ring (bicyclic) bond motifs is 3. The third-order valence-electron chi connectivity index (χ3n) is 6.71. The largest absolute Gasteiger partial charge is 0.481 e. The van der Waals surface area contributed by atoms with Gasteiger partial charge in [0.1, 0.15) is 12.6 Å². The van der Waals surface area contributed by atoms with Crippen LogP contribution in [0, 0.1) is 11.8 Å². The summed E-state index contributed by atoms with van der Waals surface area (Å²) in [7, 11) is 0. The second-order valence-electron chi connectivity index (χ2n) is 8.99. The normalized spacial score (nSPS) is 18.3. The molecular weight excluding hydrogens is 408 g/mol. The minimum absolute atomic E-state index is 0.00856. The zero-order valence-electron chi connectivity index (χ0n) is 17.7. The number of amides is 2. The third-order valence-corrected chi connectivity index (χ3v) is 6.71. The molecular formula is C25H26N2O5. The maximum absolute atomic E-state index is 12.9. The highest BCUT2D eigenvalue weighted by Gasteiger charge is 2.43. The Kier molecular flexibility index (Phi) is 5.33. The van der Waals surface area contributed by atoms with Gasteiger partial charge in [-0.3, -0.25) is 9.59 Å². The van der Waals surface area contributed by atoms with E-state index in [1.54, 1.807) is 4.90 Å². The van der Waals surface area contributed by atoms with Gasteiger partial charge in [0, 0.05) is 24.9 Å². The van der Waals surface area contributed by atoms with Gasteiger partial charge >= 0.3 is 12.1 Å². The Bertz CT molecular complexity index is 1010. The second-order valence-corrected chi connectivity index (χ2v) is 8.99. The number of carbonyl (C=O) groups excluding carboxylic acids is 2. The smallest absolute Gasteiger partial charge is 0.407 e. The predicted octanol–water partition coefficient (Wildman–Crippen LogP) is 3.24. The molecule has 7 nitrogen and oxygen atoms in total. The van der Waals surface area contributed by atoms with E-state index < -0.39 is 18.1 Å². The van der Waals surface area contributed by atoms with Crippen LogP contribution in [0.1, 0.15) is 36.3 Å². The highest BCUT2D eigenvalue weighted by Crippen LogP contribution is 2.44. The molecule has 0 bridgehead atoms. The summed E-state index contributed by atoms with van der Waals surface area (Å²) in [6.45, 7) is 1.07. The van der Waals surface area contributed by atoms with Gasteiger partial charge in [0.15, 0.2) is 0 Å². The minimum atomic E-state index is -0.849. The van der Waals surface area contributed by atoms with Gasteiger partial charge in [-0.2, -0.15) is 0 Å². The first-order valence-electron chi connectivity index (χ1n) is 11.1. The molecule has 2 aromatic carbocycles. The van der Waals surface area contributed by atoms with Gasteiger partial charge in [0.2, 0.25) is 5.91 Å². The number of benzene rings is 2. The van der Waals surface area contributed by atoms with E-state index >= 15 is 0 Å². The summed E-state index contributed by atoms with van der Waals surface area (Å²) >= 11 is 0. The highest BCUT2D eigenvalue weighted by atomic mass is 16.5. The van der Waals surface area contributed by atoms with Crippen molar-refractivity contribution in [2.45, 2.75) is 31.2 Å². The summed E-state index contributed by atoms with van der Waals surface area (Å²) in [4.78, 5) is 38.0. The Balaban J connectivity index is 1.20. The number of hydrogen-bond donors (Lipinski definition) is 2. The number of nitrogens with one attached hydrogen (secondary N) is 1. The maximum atomic E-state index is 12.9. The molecule has 7 heteroatoms. The molecule has 1 heterocycles. The van der Waals surface area contributed by atoms with Gasteiger partial charge in [0.25, 0.3) is 0 Å². The summed E-state index contributed by atoms with van der Waals surface area (Å²) in [6.07, 6.45) is 1.27. The first-order chi connectivity index (χ1) is 15.5. The molecule has 166 valence electrons. The van der Waals surface area contributed by atoms with Crippen molar-refractivity contribution in [2.75, 3.05) is 19.7 Å². The third kappa shape index (κ3) is 3.95. The Morgan fingerprint density at radius 2 is 1.59 bits per heavy atom. The summed E-state index contributed by atoms with van der Waals surface area (Å²) in [5, 5.41) is 11.7. The lowest BCUT2D eigenvalue weighted by atomic mass is 9.95. The molecule has 1 atom stereocenters. The Hall–Kier alpha value is -3.35. The summed E-state index contributed by atoms with van der Waals surface area (Å²) in [5.74, 6) is -0.900. The number of ether oxygens (including phenoxy) is 1. The molecule has 1 saturated heterocycles. The SMILES string of the molecule is O=C(O)CC1CN(C(=O)C(NC(=O)OCC2c3ccccc3-c3ccccc32)C2CC2)C1. The van der Waals surface area contributed by atoms with Crippen LogP contribution in [0.3, 0.4) is 0 Å². The molecule has 1 saturated carbocycles. The van der Waals surface area contributed by atoms with Crippen molar-refractivity contribution in [2.24, 2.45) is 11.8 Å². The van der Waals surface area contributed by atoms with E-state index in [1.165, 1.54) is 0 Å². The van der Waals surface area contributed by atoms with Gasteiger partial charge < -0.3 is 20.1 Å². The molecule has 1 aliphatic heterocycles. The molecule has 1 unspecified atom stereocenters. The van der Waals surface area contributed by atoms with Crippen LogP contribution in [0.5, 0.6) is 0 Å². The number of carboxylic acid groups (broad SMARTS) is 1. The van der Waals surface area contributed by atoms with Crippen LogP contribution >= 0.6 is 0 Å². The molecule has 32 heavy (non-hydrogen) atoms. The monoisotopic (exact) mass is 434 g/mol. The van der Waals surface area contributed by atoms with E-state index in [9.17, 15) is 14.4 Å². The van der Waals surface area contributed by atoms with Crippen molar-refractivity contribution in [1.82, 2.24) is 10.2 Å². The molecule has 2 aliphatic carbocycles. The van der Waals surface area contributed by atoms with Crippen LogP contribution in [0.15, 0.2) is 48.5 Å². The minimum Gasteiger partial charge on any atom is -0.481 e. The molecule has 0 radical (unpaired) electrons.